The van der Waals surface area contributed by atoms with Crippen LogP contribution in [0.3, 0.4) is 0 Å². The average Bonchev–Trinajstić information content (AvgIpc) is 2.10. The fraction of sp³-hybridized carbons (Fsp3) is 0.909. The molecular weight excluding hydrogens is 164 g/mol. The molecule has 0 aromatic carbocycles. The van der Waals surface area contributed by atoms with Crippen LogP contribution in [0.25, 0.3) is 0 Å². The van der Waals surface area contributed by atoms with E-state index in [1.165, 1.54) is 19.3 Å². The number of ketones is 1. The van der Waals surface area contributed by atoms with Gasteiger partial charge in [0.05, 0.1) is 0 Å². The third kappa shape index (κ3) is 7.97. The normalized spacial score (nSPS) is 12.8. The van der Waals surface area contributed by atoms with E-state index in [1.54, 1.807) is 6.92 Å². The van der Waals surface area contributed by atoms with Crippen molar-refractivity contribution in [2.45, 2.75) is 46.5 Å². The largest absolute Gasteiger partial charge is 0.373 e. The molecule has 0 aliphatic rings. The first-order chi connectivity index (χ1) is 6.20. The van der Waals surface area contributed by atoms with Crippen LogP contribution in [0.15, 0.2) is 0 Å². The number of Topliss-reactive ketones (excluding diaryl/α,β-unsaturated/α-hetero) is 1. The van der Waals surface area contributed by atoms with Crippen molar-refractivity contribution in [2.24, 2.45) is 5.92 Å². The highest BCUT2D eigenvalue weighted by atomic mass is 16.5. The molecule has 0 aliphatic carbocycles. The highest BCUT2D eigenvalue weighted by Crippen LogP contribution is 2.12. The number of carbonyl (C=O) groups excluding carboxylic acids is 1. The molecule has 2 nitrogen and oxygen atoms in total. The van der Waals surface area contributed by atoms with Crippen LogP contribution in [0, 0.1) is 5.92 Å². The zero-order valence-electron chi connectivity index (χ0n) is 9.14. The monoisotopic (exact) mass is 186 g/mol. The molecule has 0 amide bonds. The molecule has 0 aliphatic heterocycles. The molecule has 13 heavy (non-hydrogen) atoms. The van der Waals surface area contributed by atoms with Crippen LogP contribution in [-0.4, -0.2) is 19.0 Å². The summed E-state index contributed by atoms with van der Waals surface area (Å²) in [5.74, 6) is 0.754. The second-order valence-electron chi connectivity index (χ2n) is 3.63. The summed E-state index contributed by atoms with van der Waals surface area (Å²) in [6, 6.07) is 0. The Morgan fingerprint density at radius 3 is 2.54 bits per heavy atom. The maximum absolute atomic E-state index is 10.6. The summed E-state index contributed by atoms with van der Waals surface area (Å²) in [5, 5.41) is 0. The van der Waals surface area contributed by atoms with E-state index in [9.17, 15) is 4.79 Å². The van der Waals surface area contributed by atoms with Gasteiger partial charge in [0.1, 0.15) is 6.61 Å². The van der Waals surface area contributed by atoms with Gasteiger partial charge >= 0.3 is 0 Å². The average molecular weight is 186 g/mol. The minimum absolute atomic E-state index is 0.116. The Balaban J connectivity index is 3.41. The van der Waals surface area contributed by atoms with Gasteiger partial charge in [-0.05, 0) is 19.3 Å². The predicted molar refractivity (Wildman–Crippen MR) is 54.8 cm³/mol. The first-order valence-corrected chi connectivity index (χ1v) is 5.27. The minimum atomic E-state index is 0.116. The van der Waals surface area contributed by atoms with Crippen LogP contribution in [0.5, 0.6) is 0 Å². The fourth-order valence-electron chi connectivity index (χ4n) is 1.27. The summed E-state index contributed by atoms with van der Waals surface area (Å²) in [7, 11) is 0. The molecule has 0 N–H and O–H groups in total. The van der Waals surface area contributed by atoms with Crippen molar-refractivity contribution < 1.29 is 9.53 Å². The minimum Gasteiger partial charge on any atom is -0.373 e. The number of carbonyl (C=O) groups is 1. The lowest BCUT2D eigenvalue weighted by molar-refractivity contribution is -0.121. The third-order valence-corrected chi connectivity index (χ3v) is 2.20. The van der Waals surface area contributed by atoms with Gasteiger partial charge < -0.3 is 4.74 Å². The molecule has 1 atom stereocenters. The SMILES string of the molecule is CCCCC(CC)COCC(C)=O. The summed E-state index contributed by atoms with van der Waals surface area (Å²) in [6.07, 6.45) is 4.88. The summed E-state index contributed by atoms with van der Waals surface area (Å²) >= 11 is 0. The van der Waals surface area contributed by atoms with Crippen molar-refractivity contribution >= 4 is 5.78 Å². The zero-order valence-corrected chi connectivity index (χ0v) is 9.14. The van der Waals surface area contributed by atoms with Gasteiger partial charge in [0.15, 0.2) is 5.78 Å². The van der Waals surface area contributed by atoms with Crippen molar-refractivity contribution in [3.05, 3.63) is 0 Å². The van der Waals surface area contributed by atoms with Crippen LogP contribution in [0.1, 0.15) is 46.5 Å². The van der Waals surface area contributed by atoms with E-state index >= 15 is 0 Å². The highest BCUT2D eigenvalue weighted by Gasteiger charge is 2.05. The maximum Gasteiger partial charge on any atom is 0.155 e. The molecule has 0 radical (unpaired) electrons. The van der Waals surface area contributed by atoms with Crippen LogP contribution in [0.2, 0.25) is 0 Å². The number of ether oxygens (including phenoxy) is 1. The summed E-state index contributed by atoms with van der Waals surface area (Å²) in [4.78, 5) is 10.6. The number of hydrogen-bond donors (Lipinski definition) is 0. The van der Waals surface area contributed by atoms with E-state index in [-0.39, 0.29) is 12.4 Å². The Labute approximate surface area is 81.7 Å². The lowest BCUT2D eigenvalue weighted by Crippen LogP contribution is -2.12. The lowest BCUT2D eigenvalue weighted by Gasteiger charge is -2.13. The van der Waals surface area contributed by atoms with Crippen LogP contribution >= 0.6 is 0 Å². The first-order valence-electron chi connectivity index (χ1n) is 5.27. The fourth-order valence-corrected chi connectivity index (χ4v) is 1.27. The second-order valence-corrected chi connectivity index (χ2v) is 3.63. The quantitative estimate of drug-likeness (QED) is 0.582. The second kappa shape index (κ2) is 8.24. The van der Waals surface area contributed by atoms with Gasteiger partial charge in [-0.15, -0.1) is 0 Å². The van der Waals surface area contributed by atoms with Crippen LogP contribution in [-0.2, 0) is 9.53 Å². The molecule has 0 aromatic rings. The van der Waals surface area contributed by atoms with Crippen molar-refractivity contribution in [2.75, 3.05) is 13.2 Å². The molecule has 2 heteroatoms. The third-order valence-electron chi connectivity index (χ3n) is 2.20. The number of unbranched alkanes of at least 4 members (excludes halogenated alkanes) is 1. The summed E-state index contributed by atoms with van der Waals surface area (Å²) in [6.45, 7) is 6.96. The summed E-state index contributed by atoms with van der Waals surface area (Å²) in [5.41, 5.74) is 0. The molecule has 0 bridgehead atoms. The Hall–Kier alpha value is -0.370. The summed E-state index contributed by atoms with van der Waals surface area (Å²) < 4.78 is 5.30. The molecule has 0 spiro atoms. The van der Waals surface area contributed by atoms with Gasteiger partial charge in [0, 0.05) is 6.61 Å². The molecule has 0 saturated heterocycles. The molecule has 0 saturated carbocycles. The standard InChI is InChI=1S/C11H22O2/c1-4-6-7-11(5-2)9-13-8-10(3)12/h11H,4-9H2,1-3H3. The van der Waals surface area contributed by atoms with Gasteiger partial charge in [-0.25, -0.2) is 0 Å². The van der Waals surface area contributed by atoms with E-state index in [0.717, 1.165) is 13.0 Å². The van der Waals surface area contributed by atoms with Gasteiger partial charge in [0.25, 0.3) is 0 Å². The van der Waals surface area contributed by atoms with E-state index < -0.39 is 0 Å². The van der Waals surface area contributed by atoms with Gasteiger partial charge in [0.2, 0.25) is 0 Å². The maximum atomic E-state index is 10.6. The Bertz CT molecular complexity index is 132. The number of hydrogen-bond acceptors (Lipinski definition) is 2. The molecule has 0 rings (SSSR count). The van der Waals surface area contributed by atoms with Crippen LogP contribution < -0.4 is 0 Å². The topological polar surface area (TPSA) is 26.3 Å². The number of rotatable bonds is 8. The highest BCUT2D eigenvalue weighted by molar-refractivity contribution is 5.76. The molecule has 0 heterocycles. The van der Waals surface area contributed by atoms with Crippen molar-refractivity contribution in [1.82, 2.24) is 0 Å². The van der Waals surface area contributed by atoms with Gasteiger partial charge in [-0.1, -0.05) is 33.1 Å². The van der Waals surface area contributed by atoms with E-state index in [4.69, 9.17) is 4.74 Å². The lowest BCUT2D eigenvalue weighted by atomic mass is 10.0. The van der Waals surface area contributed by atoms with Crippen molar-refractivity contribution in [1.29, 1.82) is 0 Å². The smallest absolute Gasteiger partial charge is 0.155 e. The van der Waals surface area contributed by atoms with E-state index in [0.29, 0.717) is 5.92 Å². The van der Waals surface area contributed by atoms with E-state index in [2.05, 4.69) is 13.8 Å². The first kappa shape index (κ1) is 12.6. The molecule has 1 unspecified atom stereocenters. The van der Waals surface area contributed by atoms with Crippen LogP contribution in [0.4, 0.5) is 0 Å². The molecule has 78 valence electrons. The predicted octanol–water partition coefficient (Wildman–Crippen LogP) is 2.81. The van der Waals surface area contributed by atoms with Gasteiger partial charge in [-0.2, -0.15) is 0 Å². The zero-order chi connectivity index (χ0) is 10.1. The molecule has 0 fully saturated rings. The molecular formula is C11H22O2. The van der Waals surface area contributed by atoms with Crippen molar-refractivity contribution in [3.8, 4) is 0 Å². The van der Waals surface area contributed by atoms with E-state index in [1.807, 2.05) is 0 Å². The van der Waals surface area contributed by atoms with Gasteiger partial charge in [-0.3, -0.25) is 4.79 Å². The Morgan fingerprint density at radius 1 is 1.38 bits per heavy atom. The van der Waals surface area contributed by atoms with Crippen molar-refractivity contribution in [3.63, 3.8) is 0 Å². The molecule has 0 aromatic heterocycles. The Morgan fingerprint density at radius 2 is 2.08 bits per heavy atom. The Kier molecular flexibility index (Phi) is 8.00.